The van der Waals surface area contributed by atoms with Crippen molar-refractivity contribution in [2.75, 3.05) is 0 Å². The summed E-state index contributed by atoms with van der Waals surface area (Å²) < 4.78 is 13.8. The third kappa shape index (κ3) is 3.15. The molecular weight excluding hydrogens is 310 g/mol. The number of carboxylic acid groups (broad SMARTS) is 1. The van der Waals surface area contributed by atoms with Gasteiger partial charge in [-0.2, -0.15) is 0 Å². The first kappa shape index (κ1) is 12.4. The van der Waals surface area contributed by atoms with E-state index in [9.17, 15) is 9.18 Å². The smallest absolute Gasteiger partial charge is 0.307 e. The van der Waals surface area contributed by atoms with Crippen molar-refractivity contribution in [2.24, 2.45) is 0 Å². The van der Waals surface area contributed by atoms with Crippen molar-refractivity contribution in [3.05, 3.63) is 32.6 Å². The SMILES string of the molecule is CC(C)c1cc(F)cc(I)c1CC(=O)O. The quantitative estimate of drug-likeness (QED) is 0.868. The van der Waals surface area contributed by atoms with Gasteiger partial charge < -0.3 is 5.11 Å². The van der Waals surface area contributed by atoms with E-state index < -0.39 is 5.97 Å². The topological polar surface area (TPSA) is 37.3 Å². The predicted molar refractivity (Wildman–Crippen MR) is 64.5 cm³/mol. The molecule has 82 valence electrons. The van der Waals surface area contributed by atoms with Gasteiger partial charge in [0.25, 0.3) is 0 Å². The number of hydrogen-bond acceptors (Lipinski definition) is 1. The van der Waals surface area contributed by atoms with Crippen molar-refractivity contribution in [3.63, 3.8) is 0 Å². The summed E-state index contributed by atoms with van der Waals surface area (Å²) in [7, 11) is 0. The van der Waals surface area contributed by atoms with Gasteiger partial charge in [0.1, 0.15) is 5.82 Å². The van der Waals surface area contributed by atoms with E-state index in [1.807, 2.05) is 36.4 Å². The van der Waals surface area contributed by atoms with Gasteiger partial charge in [0.15, 0.2) is 0 Å². The molecule has 0 radical (unpaired) electrons. The molecule has 1 aromatic carbocycles. The predicted octanol–water partition coefficient (Wildman–Crippen LogP) is 3.18. The fourth-order valence-corrected chi connectivity index (χ4v) is 2.28. The van der Waals surface area contributed by atoms with E-state index >= 15 is 0 Å². The summed E-state index contributed by atoms with van der Waals surface area (Å²) >= 11 is 1.97. The summed E-state index contributed by atoms with van der Waals surface area (Å²) in [6.07, 6.45) is -0.0495. The van der Waals surface area contributed by atoms with E-state index in [0.717, 1.165) is 11.1 Å². The van der Waals surface area contributed by atoms with E-state index in [4.69, 9.17) is 5.11 Å². The Hall–Kier alpha value is -0.650. The van der Waals surface area contributed by atoms with Crippen LogP contribution in [-0.4, -0.2) is 11.1 Å². The summed E-state index contributed by atoms with van der Waals surface area (Å²) in [4.78, 5) is 10.7. The zero-order chi connectivity index (χ0) is 11.6. The summed E-state index contributed by atoms with van der Waals surface area (Å²) in [5.74, 6) is -1.07. The molecule has 2 nitrogen and oxygen atoms in total. The van der Waals surface area contributed by atoms with Crippen LogP contribution in [0.2, 0.25) is 0 Å². The van der Waals surface area contributed by atoms with Gasteiger partial charge in [0, 0.05) is 3.57 Å². The van der Waals surface area contributed by atoms with Crippen LogP contribution in [0.1, 0.15) is 30.9 Å². The highest BCUT2D eigenvalue weighted by Gasteiger charge is 2.14. The number of benzene rings is 1. The second-order valence-corrected chi connectivity index (χ2v) is 4.84. The molecule has 1 rings (SSSR count). The Morgan fingerprint density at radius 2 is 2.13 bits per heavy atom. The number of hydrogen-bond donors (Lipinski definition) is 1. The lowest BCUT2D eigenvalue weighted by Crippen LogP contribution is -2.07. The van der Waals surface area contributed by atoms with Crippen molar-refractivity contribution in [3.8, 4) is 0 Å². The fourth-order valence-electron chi connectivity index (χ4n) is 1.48. The lowest BCUT2D eigenvalue weighted by molar-refractivity contribution is -0.136. The second-order valence-electron chi connectivity index (χ2n) is 3.68. The van der Waals surface area contributed by atoms with Crippen LogP contribution in [0, 0.1) is 9.39 Å². The molecule has 0 aliphatic rings. The van der Waals surface area contributed by atoms with Gasteiger partial charge in [-0.15, -0.1) is 0 Å². The van der Waals surface area contributed by atoms with E-state index in [-0.39, 0.29) is 18.2 Å². The van der Waals surface area contributed by atoms with E-state index in [0.29, 0.717) is 3.57 Å². The molecular formula is C11H12FIO2. The first-order valence-electron chi connectivity index (χ1n) is 4.61. The first-order valence-corrected chi connectivity index (χ1v) is 5.69. The third-order valence-electron chi connectivity index (χ3n) is 2.14. The second kappa shape index (κ2) is 4.92. The minimum Gasteiger partial charge on any atom is -0.481 e. The summed E-state index contributed by atoms with van der Waals surface area (Å²) in [5.41, 5.74) is 1.50. The molecule has 0 spiro atoms. The molecule has 0 amide bonds. The Bertz CT molecular complexity index is 388. The van der Waals surface area contributed by atoms with Gasteiger partial charge in [-0.05, 0) is 51.8 Å². The number of aliphatic carboxylic acids is 1. The third-order valence-corrected chi connectivity index (χ3v) is 3.11. The molecule has 0 atom stereocenters. The average molecular weight is 322 g/mol. The molecule has 1 N–H and O–H groups in total. The molecule has 0 bridgehead atoms. The summed E-state index contributed by atoms with van der Waals surface area (Å²) in [6, 6.07) is 2.79. The maximum atomic E-state index is 13.2. The maximum Gasteiger partial charge on any atom is 0.307 e. The highest BCUT2D eigenvalue weighted by Crippen LogP contribution is 2.26. The van der Waals surface area contributed by atoms with Gasteiger partial charge in [-0.3, -0.25) is 4.79 Å². The highest BCUT2D eigenvalue weighted by atomic mass is 127. The summed E-state index contributed by atoms with van der Waals surface area (Å²) in [6.45, 7) is 3.85. The standard InChI is InChI=1S/C11H12FIO2/c1-6(2)8-3-7(12)4-10(13)9(8)5-11(14)15/h3-4,6H,5H2,1-2H3,(H,14,15). The van der Waals surface area contributed by atoms with Crippen molar-refractivity contribution in [1.29, 1.82) is 0 Å². The zero-order valence-corrected chi connectivity index (χ0v) is 10.7. The normalized spacial score (nSPS) is 10.7. The molecule has 0 saturated carbocycles. The van der Waals surface area contributed by atoms with Crippen LogP contribution in [0.4, 0.5) is 4.39 Å². The monoisotopic (exact) mass is 322 g/mol. The lowest BCUT2D eigenvalue weighted by atomic mass is 9.95. The number of rotatable bonds is 3. The van der Waals surface area contributed by atoms with Crippen molar-refractivity contribution in [1.82, 2.24) is 0 Å². The Balaban J connectivity index is 3.26. The van der Waals surface area contributed by atoms with E-state index in [1.54, 1.807) is 0 Å². The van der Waals surface area contributed by atoms with Crippen LogP contribution in [-0.2, 0) is 11.2 Å². The molecule has 4 heteroatoms. The molecule has 0 fully saturated rings. The maximum absolute atomic E-state index is 13.2. The van der Waals surface area contributed by atoms with Gasteiger partial charge in [-0.1, -0.05) is 13.8 Å². The average Bonchev–Trinajstić information content (AvgIpc) is 2.08. The highest BCUT2D eigenvalue weighted by molar-refractivity contribution is 14.1. The fraction of sp³-hybridized carbons (Fsp3) is 0.364. The number of carboxylic acids is 1. The van der Waals surface area contributed by atoms with Crippen LogP contribution >= 0.6 is 22.6 Å². The van der Waals surface area contributed by atoms with Crippen LogP contribution in [0.5, 0.6) is 0 Å². The zero-order valence-electron chi connectivity index (χ0n) is 8.55. The van der Waals surface area contributed by atoms with Crippen LogP contribution in [0.15, 0.2) is 12.1 Å². The lowest BCUT2D eigenvalue weighted by Gasteiger charge is -2.13. The van der Waals surface area contributed by atoms with E-state index in [1.165, 1.54) is 12.1 Å². The van der Waals surface area contributed by atoms with Crippen LogP contribution in [0.3, 0.4) is 0 Å². The molecule has 0 aliphatic carbocycles. The molecule has 0 saturated heterocycles. The van der Waals surface area contributed by atoms with Crippen LogP contribution in [0.25, 0.3) is 0 Å². The van der Waals surface area contributed by atoms with E-state index in [2.05, 4.69) is 0 Å². The minimum absolute atomic E-state index is 0.0495. The molecule has 1 aromatic rings. The Morgan fingerprint density at radius 1 is 1.53 bits per heavy atom. The van der Waals surface area contributed by atoms with Crippen molar-refractivity contribution < 1.29 is 14.3 Å². The van der Waals surface area contributed by atoms with Crippen LogP contribution < -0.4 is 0 Å². The molecule has 0 heterocycles. The first-order chi connectivity index (χ1) is 6.91. The Labute approximate surface area is 102 Å². The molecule has 0 aromatic heterocycles. The number of carbonyl (C=O) groups is 1. The minimum atomic E-state index is -0.888. The molecule has 15 heavy (non-hydrogen) atoms. The van der Waals surface area contributed by atoms with Gasteiger partial charge in [0.05, 0.1) is 6.42 Å². The molecule has 0 unspecified atom stereocenters. The number of halogens is 2. The van der Waals surface area contributed by atoms with Crippen molar-refractivity contribution in [2.45, 2.75) is 26.2 Å². The summed E-state index contributed by atoms with van der Waals surface area (Å²) in [5, 5.41) is 8.77. The Kier molecular flexibility index (Phi) is 4.07. The molecule has 0 aliphatic heterocycles. The van der Waals surface area contributed by atoms with Crippen molar-refractivity contribution >= 4 is 28.6 Å². The van der Waals surface area contributed by atoms with Gasteiger partial charge in [-0.25, -0.2) is 4.39 Å². The van der Waals surface area contributed by atoms with Gasteiger partial charge >= 0.3 is 5.97 Å². The van der Waals surface area contributed by atoms with Gasteiger partial charge in [0.2, 0.25) is 0 Å². The Morgan fingerprint density at radius 3 is 2.60 bits per heavy atom. The largest absolute Gasteiger partial charge is 0.481 e.